The SMILES string of the molecule is COc1cccc(OC)c1C(=O)Nc1nnc(-c2ccc(Cl)cc2)o1. The van der Waals surface area contributed by atoms with Gasteiger partial charge in [0.2, 0.25) is 5.89 Å². The molecule has 0 saturated heterocycles. The number of halogens is 1. The molecular weight excluding hydrogens is 346 g/mol. The monoisotopic (exact) mass is 359 g/mol. The van der Waals surface area contributed by atoms with Gasteiger partial charge in [0.25, 0.3) is 5.91 Å². The van der Waals surface area contributed by atoms with Crippen LogP contribution in [0.2, 0.25) is 5.02 Å². The zero-order chi connectivity index (χ0) is 17.8. The number of carbonyl (C=O) groups is 1. The summed E-state index contributed by atoms with van der Waals surface area (Å²) in [6, 6.07) is 11.9. The average Bonchev–Trinajstić information content (AvgIpc) is 3.09. The molecule has 0 bridgehead atoms. The lowest BCUT2D eigenvalue weighted by Crippen LogP contribution is -2.14. The molecule has 0 spiro atoms. The molecule has 3 aromatic rings. The second-order valence-electron chi connectivity index (χ2n) is 4.91. The predicted molar refractivity (Wildman–Crippen MR) is 92.2 cm³/mol. The van der Waals surface area contributed by atoms with Gasteiger partial charge in [0.15, 0.2) is 0 Å². The quantitative estimate of drug-likeness (QED) is 0.748. The zero-order valence-corrected chi connectivity index (χ0v) is 14.2. The van der Waals surface area contributed by atoms with E-state index in [1.165, 1.54) is 14.2 Å². The van der Waals surface area contributed by atoms with Crippen molar-refractivity contribution in [2.45, 2.75) is 0 Å². The second-order valence-corrected chi connectivity index (χ2v) is 5.35. The third-order valence-corrected chi connectivity index (χ3v) is 3.64. The van der Waals surface area contributed by atoms with Crippen molar-refractivity contribution in [3.05, 3.63) is 53.1 Å². The second kappa shape index (κ2) is 7.23. The van der Waals surface area contributed by atoms with Gasteiger partial charge in [-0.3, -0.25) is 10.1 Å². The van der Waals surface area contributed by atoms with E-state index in [4.69, 9.17) is 25.5 Å². The van der Waals surface area contributed by atoms with Crippen molar-refractivity contribution in [2.24, 2.45) is 0 Å². The molecule has 7 nitrogen and oxygen atoms in total. The lowest BCUT2D eigenvalue weighted by atomic mass is 10.1. The lowest BCUT2D eigenvalue weighted by molar-refractivity contribution is 0.101. The first-order valence-electron chi connectivity index (χ1n) is 7.24. The fourth-order valence-corrected chi connectivity index (χ4v) is 2.34. The van der Waals surface area contributed by atoms with E-state index in [2.05, 4.69) is 15.5 Å². The summed E-state index contributed by atoms with van der Waals surface area (Å²) >= 11 is 5.85. The van der Waals surface area contributed by atoms with Gasteiger partial charge in [0.05, 0.1) is 14.2 Å². The topological polar surface area (TPSA) is 86.5 Å². The zero-order valence-electron chi connectivity index (χ0n) is 13.4. The van der Waals surface area contributed by atoms with Crippen LogP contribution in [0, 0.1) is 0 Å². The molecule has 1 amide bonds. The van der Waals surface area contributed by atoms with Crippen molar-refractivity contribution in [2.75, 3.05) is 19.5 Å². The Labute approximate surface area is 148 Å². The van der Waals surface area contributed by atoms with E-state index in [9.17, 15) is 4.79 Å². The minimum atomic E-state index is -0.486. The molecule has 3 rings (SSSR count). The molecule has 1 N–H and O–H groups in total. The molecule has 128 valence electrons. The van der Waals surface area contributed by atoms with Crippen molar-refractivity contribution in [1.29, 1.82) is 0 Å². The fraction of sp³-hybridized carbons (Fsp3) is 0.118. The van der Waals surface area contributed by atoms with Crippen molar-refractivity contribution in [3.63, 3.8) is 0 Å². The summed E-state index contributed by atoms with van der Waals surface area (Å²) < 4.78 is 15.9. The molecule has 0 aliphatic rings. The van der Waals surface area contributed by atoms with Gasteiger partial charge in [-0.25, -0.2) is 0 Å². The van der Waals surface area contributed by atoms with E-state index >= 15 is 0 Å². The fourth-order valence-electron chi connectivity index (χ4n) is 2.22. The van der Waals surface area contributed by atoms with Crippen LogP contribution in [0.25, 0.3) is 11.5 Å². The molecule has 0 fully saturated rings. The van der Waals surface area contributed by atoms with Gasteiger partial charge in [-0.15, -0.1) is 5.10 Å². The summed E-state index contributed by atoms with van der Waals surface area (Å²) in [5.41, 5.74) is 0.922. The highest BCUT2D eigenvalue weighted by Crippen LogP contribution is 2.29. The Bertz CT molecular complexity index is 871. The van der Waals surface area contributed by atoms with E-state index in [-0.39, 0.29) is 17.5 Å². The third-order valence-electron chi connectivity index (χ3n) is 3.39. The molecule has 8 heteroatoms. The van der Waals surface area contributed by atoms with E-state index in [1.54, 1.807) is 42.5 Å². The number of benzene rings is 2. The number of carbonyl (C=O) groups excluding carboxylic acids is 1. The van der Waals surface area contributed by atoms with Gasteiger partial charge in [0.1, 0.15) is 17.1 Å². The maximum atomic E-state index is 12.5. The third kappa shape index (κ3) is 3.56. The number of hydrogen-bond acceptors (Lipinski definition) is 6. The standard InChI is InChI=1S/C17H14ClN3O4/c1-23-12-4-3-5-13(24-2)14(12)15(22)19-17-21-20-16(25-17)10-6-8-11(18)9-7-10/h3-9H,1-2H3,(H,19,21,22). The molecule has 0 saturated carbocycles. The Kier molecular flexibility index (Phi) is 4.85. The van der Waals surface area contributed by atoms with Crippen LogP contribution in [0.15, 0.2) is 46.9 Å². The van der Waals surface area contributed by atoms with Crippen LogP contribution in [-0.2, 0) is 0 Å². The number of amides is 1. The molecule has 1 heterocycles. The van der Waals surface area contributed by atoms with Gasteiger partial charge in [-0.1, -0.05) is 22.8 Å². The molecule has 0 aliphatic heterocycles. The molecule has 0 radical (unpaired) electrons. The maximum absolute atomic E-state index is 12.5. The Morgan fingerprint density at radius 3 is 2.28 bits per heavy atom. The molecular formula is C17H14ClN3O4. The predicted octanol–water partition coefficient (Wildman–Crippen LogP) is 3.66. The van der Waals surface area contributed by atoms with Crippen LogP contribution in [0.3, 0.4) is 0 Å². The minimum absolute atomic E-state index is 0.0390. The van der Waals surface area contributed by atoms with Crippen LogP contribution in [0.5, 0.6) is 11.5 Å². The smallest absolute Gasteiger partial charge is 0.322 e. The summed E-state index contributed by atoms with van der Waals surface area (Å²) in [6.45, 7) is 0. The van der Waals surface area contributed by atoms with Crippen LogP contribution >= 0.6 is 11.6 Å². The minimum Gasteiger partial charge on any atom is -0.496 e. The normalized spacial score (nSPS) is 10.4. The maximum Gasteiger partial charge on any atom is 0.322 e. The van der Waals surface area contributed by atoms with Crippen molar-refractivity contribution in [3.8, 4) is 23.0 Å². The molecule has 0 unspecified atom stereocenters. The van der Waals surface area contributed by atoms with Gasteiger partial charge >= 0.3 is 6.01 Å². The van der Waals surface area contributed by atoms with Crippen LogP contribution < -0.4 is 14.8 Å². The average molecular weight is 360 g/mol. The summed E-state index contributed by atoms with van der Waals surface area (Å²) in [4.78, 5) is 12.5. The summed E-state index contributed by atoms with van der Waals surface area (Å²) in [5.74, 6) is 0.517. The van der Waals surface area contributed by atoms with Crippen molar-refractivity contribution < 1.29 is 18.7 Å². The van der Waals surface area contributed by atoms with E-state index in [0.29, 0.717) is 22.1 Å². The molecule has 0 aliphatic carbocycles. The highest BCUT2D eigenvalue weighted by Gasteiger charge is 2.20. The van der Waals surface area contributed by atoms with Crippen LogP contribution in [0.1, 0.15) is 10.4 Å². The number of rotatable bonds is 5. The first-order chi connectivity index (χ1) is 12.1. The van der Waals surface area contributed by atoms with Crippen molar-refractivity contribution in [1.82, 2.24) is 10.2 Å². The van der Waals surface area contributed by atoms with E-state index in [1.807, 2.05) is 0 Å². The first-order valence-corrected chi connectivity index (χ1v) is 7.62. The Balaban J connectivity index is 1.84. The Hall–Kier alpha value is -3.06. The van der Waals surface area contributed by atoms with Gasteiger partial charge < -0.3 is 13.9 Å². The number of ether oxygens (including phenoxy) is 2. The molecule has 1 aromatic heterocycles. The van der Waals surface area contributed by atoms with E-state index in [0.717, 1.165) is 0 Å². The van der Waals surface area contributed by atoms with Crippen molar-refractivity contribution >= 4 is 23.5 Å². The lowest BCUT2D eigenvalue weighted by Gasteiger charge is -2.11. The number of hydrogen-bond donors (Lipinski definition) is 1. The molecule has 25 heavy (non-hydrogen) atoms. The summed E-state index contributed by atoms with van der Waals surface area (Å²) in [5, 5.41) is 10.9. The van der Waals surface area contributed by atoms with Crippen LogP contribution in [0.4, 0.5) is 6.01 Å². The summed E-state index contributed by atoms with van der Waals surface area (Å²) in [6.07, 6.45) is 0. The summed E-state index contributed by atoms with van der Waals surface area (Å²) in [7, 11) is 2.94. The van der Waals surface area contributed by atoms with Gasteiger partial charge in [-0.05, 0) is 36.4 Å². The van der Waals surface area contributed by atoms with Crippen LogP contribution in [-0.4, -0.2) is 30.3 Å². The van der Waals surface area contributed by atoms with E-state index < -0.39 is 5.91 Å². The highest BCUT2D eigenvalue weighted by atomic mass is 35.5. The van der Waals surface area contributed by atoms with Gasteiger partial charge in [-0.2, -0.15) is 0 Å². The number of nitrogens with zero attached hydrogens (tertiary/aromatic N) is 2. The Morgan fingerprint density at radius 1 is 1.04 bits per heavy atom. The number of anilines is 1. The number of methoxy groups -OCH3 is 2. The number of aromatic nitrogens is 2. The molecule has 2 aromatic carbocycles. The molecule has 0 atom stereocenters. The largest absolute Gasteiger partial charge is 0.496 e. The highest BCUT2D eigenvalue weighted by molar-refractivity contribution is 6.30. The number of nitrogens with one attached hydrogen (secondary N) is 1. The first kappa shape index (κ1) is 16.8. The van der Waals surface area contributed by atoms with Gasteiger partial charge in [0, 0.05) is 10.6 Å². The Morgan fingerprint density at radius 2 is 1.68 bits per heavy atom.